The summed E-state index contributed by atoms with van der Waals surface area (Å²) < 4.78 is 5.61. The molecule has 0 amide bonds. The second kappa shape index (κ2) is 4.27. The Morgan fingerprint density at radius 1 is 1.28 bits per heavy atom. The van der Waals surface area contributed by atoms with Gasteiger partial charge in [-0.3, -0.25) is 0 Å². The van der Waals surface area contributed by atoms with Gasteiger partial charge >= 0.3 is 0 Å². The van der Waals surface area contributed by atoms with Crippen LogP contribution in [-0.4, -0.2) is 12.2 Å². The third-order valence-electron chi connectivity index (χ3n) is 3.79. The van der Waals surface area contributed by atoms with E-state index in [1.807, 2.05) is 0 Å². The Hall–Kier alpha value is -1.02. The highest BCUT2D eigenvalue weighted by Crippen LogP contribution is 2.51. The summed E-state index contributed by atoms with van der Waals surface area (Å²) in [4.78, 5) is 0. The molecule has 0 saturated heterocycles. The lowest BCUT2D eigenvalue weighted by atomic mass is 9.82. The first-order valence-corrected chi connectivity index (χ1v) is 6.76. The molecule has 100 valence electrons. The van der Waals surface area contributed by atoms with Crippen molar-refractivity contribution in [1.82, 2.24) is 0 Å². The van der Waals surface area contributed by atoms with Gasteiger partial charge in [0.15, 0.2) is 0 Å². The summed E-state index contributed by atoms with van der Waals surface area (Å²) in [6.07, 6.45) is 2.68. The lowest BCUT2D eigenvalue weighted by molar-refractivity contribution is 0.147. The van der Waals surface area contributed by atoms with Crippen LogP contribution in [0.4, 0.5) is 0 Å². The van der Waals surface area contributed by atoms with E-state index < -0.39 is 5.60 Å². The Morgan fingerprint density at radius 3 is 2.28 bits per heavy atom. The van der Waals surface area contributed by atoms with Crippen LogP contribution in [0.3, 0.4) is 0 Å². The quantitative estimate of drug-likeness (QED) is 0.886. The van der Waals surface area contributed by atoms with Gasteiger partial charge in [0.25, 0.3) is 0 Å². The number of benzene rings is 1. The first kappa shape index (κ1) is 13.4. The minimum atomic E-state index is -0.642. The van der Waals surface area contributed by atoms with Crippen LogP contribution in [-0.2, 0) is 17.4 Å². The third-order valence-corrected chi connectivity index (χ3v) is 3.79. The number of methoxy groups -OCH3 is 1. The molecule has 0 spiro atoms. The summed E-state index contributed by atoms with van der Waals surface area (Å²) in [5.74, 6) is 0.875. The summed E-state index contributed by atoms with van der Waals surface area (Å²) in [5, 5.41) is 10.4. The molecule has 0 heterocycles. The Bertz CT molecular complexity index is 424. The number of hydrogen-bond donors (Lipinski definition) is 1. The van der Waals surface area contributed by atoms with Crippen LogP contribution in [0.5, 0.6) is 5.75 Å². The van der Waals surface area contributed by atoms with Gasteiger partial charge in [-0.1, -0.05) is 33.8 Å². The minimum absolute atomic E-state index is 0.0243. The zero-order valence-electron chi connectivity index (χ0n) is 12.1. The maximum absolute atomic E-state index is 10.4. The molecule has 1 fully saturated rings. The molecule has 0 aliphatic heterocycles. The lowest BCUT2D eigenvalue weighted by Crippen LogP contribution is -2.17. The van der Waals surface area contributed by atoms with Crippen molar-refractivity contribution >= 4 is 0 Å². The molecule has 1 aliphatic rings. The third kappa shape index (κ3) is 2.26. The number of rotatable bonds is 3. The number of ether oxygens (including phenoxy) is 1. The Morgan fingerprint density at radius 2 is 1.89 bits per heavy atom. The fourth-order valence-corrected chi connectivity index (χ4v) is 2.40. The minimum Gasteiger partial charge on any atom is -0.496 e. The fourth-order valence-electron chi connectivity index (χ4n) is 2.40. The van der Waals surface area contributed by atoms with Gasteiger partial charge in [0.2, 0.25) is 0 Å². The van der Waals surface area contributed by atoms with Crippen LogP contribution in [0.1, 0.15) is 57.2 Å². The van der Waals surface area contributed by atoms with Gasteiger partial charge < -0.3 is 9.84 Å². The first-order valence-electron chi connectivity index (χ1n) is 6.76. The second-order valence-corrected chi connectivity index (χ2v) is 6.36. The van der Waals surface area contributed by atoms with E-state index in [2.05, 4.69) is 39.8 Å². The number of aliphatic hydroxyl groups is 1. The molecule has 1 aromatic rings. The average Bonchev–Trinajstić information content (AvgIpc) is 3.05. The van der Waals surface area contributed by atoms with Gasteiger partial charge in [0, 0.05) is 11.1 Å². The monoisotopic (exact) mass is 248 g/mol. The van der Waals surface area contributed by atoms with E-state index in [0.29, 0.717) is 0 Å². The van der Waals surface area contributed by atoms with E-state index in [0.717, 1.165) is 30.6 Å². The van der Waals surface area contributed by atoms with E-state index in [9.17, 15) is 5.11 Å². The molecule has 2 nitrogen and oxygen atoms in total. The van der Waals surface area contributed by atoms with Crippen LogP contribution < -0.4 is 4.74 Å². The van der Waals surface area contributed by atoms with E-state index in [1.165, 1.54) is 11.1 Å². The van der Waals surface area contributed by atoms with Crippen molar-refractivity contribution in [3.63, 3.8) is 0 Å². The average molecular weight is 248 g/mol. The maximum Gasteiger partial charge on any atom is 0.128 e. The lowest BCUT2D eigenvalue weighted by Gasteiger charge is -2.26. The molecule has 0 bridgehead atoms. The van der Waals surface area contributed by atoms with Crippen molar-refractivity contribution in [2.45, 2.75) is 58.0 Å². The second-order valence-electron chi connectivity index (χ2n) is 6.36. The first-order chi connectivity index (χ1) is 8.31. The Labute approximate surface area is 110 Å². The van der Waals surface area contributed by atoms with Crippen molar-refractivity contribution in [3.8, 4) is 5.75 Å². The smallest absolute Gasteiger partial charge is 0.128 e. The molecule has 1 saturated carbocycles. The van der Waals surface area contributed by atoms with Gasteiger partial charge in [-0.05, 0) is 36.3 Å². The van der Waals surface area contributed by atoms with Crippen molar-refractivity contribution in [1.29, 1.82) is 0 Å². The topological polar surface area (TPSA) is 29.5 Å². The molecule has 0 unspecified atom stereocenters. The van der Waals surface area contributed by atoms with Crippen LogP contribution in [0.2, 0.25) is 0 Å². The van der Waals surface area contributed by atoms with Crippen LogP contribution in [0.25, 0.3) is 0 Å². The van der Waals surface area contributed by atoms with E-state index in [1.54, 1.807) is 7.11 Å². The van der Waals surface area contributed by atoms with Gasteiger partial charge in [0.1, 0.15) is 5.75 Å². The number of aryl methyl sites for hydroxylation is 1. The normalized spacial score (nSPS) is 17.7. The Kier molecular flexibility index (Phi) is 3.18. The SMILES string of the molecule is CCc1cc(C(C)(C)C)c(OC)c(C2(O)CC2)c1. The molecule has 1 N–H and O–H groups in total. The summed E-state index contributed by atoms with van der Waals surface area (Å²) in [5.41, 5.74) is 2.83. The van der Waals surface area contributed by atoms with Crippen molar-refractivity contribution < 1.29 is 9.84 Å². The van der Waals surface area contributed by atoms with E-state index >= 15 is 0 Å². The van der Waals surface area contributed by atoms with Crippen molar-refractivity contribution in [2.24, 2.45) is 0 Å². The van der Waals surface area contributed by atoms with Crippen LogP contribution >= 0.6 is 0 Å². The largest absolute Gasteiger partial charge is 0.496 e. The Balaban J connectivity index is 2.65. The molecule has 18 heavy (non-hydrogen) atoms. The highest BCUT2D eigenvalue weighted by molar-refractivity contribution is 5.52. The zero-order chi connectivity index (χ0) is 13.6. The molecule has 0 aromatic heterocycles. The van der Waals surface area contributed by atoms with Crippen LogP contribution in [0, 0.1) is 0 Å². The van der Waals surface area contributed by atoms with Gasteiger partial charge in [-0.2, -0.15) is 0 Å². The number of hydrogen-bond acceptors (Lipinski definition) is 2. The van der Waals surface area contributed by atoms with Crippen molar-refractivity contribution in [2.75, 3.05) is 7.11 Å². The van der Waals surface area contributed by atoms with E-state index in [-0.39, 0.29) is 5.41 Å². The highest BCUT2D eigenvalue weighted by atomic mass is 16.5. The molecule has 1 aromatic carbocycles. The molecule has 2 rings (SSSR count). The molecule has 1 aliphatic carbocycles. The predicted octanol–water partition coefficient (Wildman–Crippen LogP) is 3.54. The summed E-state index contributed by atoms with van der Waals surface area (Å²) in [7, 11) is 1.70. The van der Waals surface area contributed by atoms with Gasteiger partial charge in [-0.25, -0.2) is 0 Å². The standard InChI is InChI=1S/C16H24O2/c1-6-11-9-12(15(2,3)4)14(18-5)13(10-11)16(17)7-8-16/h9-10,17H,6-8H2,1-5H3. The molecule has 0 atom stereocenters. The maximum atomic E-state index is 10.4. The summed E-state index contributed by atoms with van der Waals surface area (Å²) >= 11 is 0. The highest BCUT2D eigenvalue weighted by Gasteiger charge is 2.45. The summed E-state index contributed by atoms with van der Waals surface area (Å²) in [6, 6.07) is 4.33. The molecule has 2 heteroatoms. The zero-order valence-corrected chi connectivity index (χ0v) is 12.1. The van der Waals surface area contributed by atoms with Gasteiger partial charge in [-0.15, -0.1) is 0 Å². The predicted molar refractivity (Wildman–Crippen MR) is 74.2 cm³/mol. The fraction of sp³-hybridized carbons (Fsp3) is 0.625. The molecule has 0 radical (unpaired) electrons. The molecular formula is C16H24O2. The van der Waals surface area contributed by atoms with Crippen molar-refractivity contribution in [3.05, 3.63) is 28.8 Å². The molecular weight excluding hydrogens is 224 g/mol. The van der Waals surface area contributed by atoms with Gasteiger partial charge in [0.05, 0.1) is 12.7 Å². The summed E-state index contributed by atoms with van der Waals surface area (Å²) in [6.45, 7) is 8.70. The van der Waals surface area contributed by atoms with E-state index in [4.69, 9.17) is 4.74 Å². The van der Waals surface area contributed by atoms with Crippen LogP contribution in [0.15, 0.2) is 12.1 Å².